The highest BCUT2D eigenvalue weighted by atomic mass is 32.2. The van der Waals surface area contributed by atoms with Crippen molar-refractivity contribution in [2.45, 2.75) is 17.9 Å². The number of fused-ring (bicyclic) bond motifs is 2. The predicted molar refractivity (Wildman–Crippen MR) is 120 cm³/mol. The molecule has 1 heterocycles. The Bertz CT molecular complexity index is 1600. The number of carbonyl (C=O) groups is 2. The van der Waals surface area contributed by atoms with Gasteiger partial charge in [0.1, 0.15) is 0 Å². The molecule has 0 bridgehead atoms. The van der Waals surface area contributed by atoms with Crippen molar-refractivity contribution in [3.05, 3.63) is 65.1 Å². The van der Waals surface area contributed by atoms with Crippen LogP contribution in [-0.4, -0.2) is 40.7 Å². The summed E-state index contributed by atoms with van der Waals surface area (Å²) in [5.74, 6) is -1.25. The lowest BCUT2D eigenvalue weighted by Gasteiger charge is -2.10. The second-order valence-corrected chi connectivity index (χ2v) is 8.61. The number of nitrogens with one attached hydrogen (secondary N) is 3. The molecule has 0 aliphatic rings. The number of H-pyrrole nitrogens is 2. The quantitative estimate of drug-likeness (QED) is 0.193. The second kappa shape index (κ2) is 8.41. The third-order valence-electron chi connectivity index (χ3n) is 4.82. The largest absolute Gasteiger partial charge is 0.324 e. The van der Waals surface area contributed by atoms with Crippen molar-refractivity contribution in [3.63, 3.8) is 0 Å². The Hall–Kier alpha value is -4.16. The second-order valence-electron chi connectivity index (χ2n) is 7.19. The predicted octanol–water partition coefficient (Wildman–Crippen LogP) is 2.94. The Balaban J connectivity index is 1.61. The molecule has 168 valence electrons. The van der Waals surface area contributed by atoms with E-state index < -0.39 is 27.9 Å². The van der Waals surface area contributed by atoms with Crippen LogP contribution in [0.3, 0.4) is 0 Å². The number of ketones is 1. The van der Waals surface area contributed by atoms with Crippen LogP contribution in [0.15, 0.2) is 74.5 Å². The zero-order chi connectivity index (χ0) is 23.8. The normalized spacial score (nSPS) is 12.9. The fourth-order valence-electron chi connectivity index (χ4n) is 3.25. The average molecular weight is 467 g/mol. The number of Topliss-reactive ketones (excluding diaryl/α,β-unsaturated/α-hetero) is 1. The molecule has 4 rings (SSSR count). The Kier molecular flexibility index (Phi) is 5.62. The lowest BCUT2D eigenvalue weighted by atomic mass is 10.1. The molecule has 3 aromatic carbocycles. The third-order valence-corrected chi connectivity index (χ3v) is 5.67. The van der Waals surface area contributed by atoms with Crippen LogP contribution in [0.1, 0.15) is 6.92 Å². The maximum atomic E-state index is 12.7. The van der Waals surface area contributed by atoms with Crippen molar-refractivity contribution in [2.75, 3.05) is 5.32 Å². The molecule has 1 amide bonds. The van der Waals surface area contributed by atoms with Gasteiger partial charge in [0.25, 0.3) is 16.0 Å². The fourth-order valence-corrected chi connectivity index (χ4v) is 3.77. The minimum Gasteiger partial charge on any atom is -0.324 e. The van der Waals surface area contributed by atoms with Gasteiger partial charge >= 0.3 is 5.69 Å². The van der Waals surface area contributed by atoms with Crippen LogP contribution >= 0.6 is 0 Å². The number of aromatic nitrogens is 2. The molecule has 0 saturated carbocycles. The highest BCUT2D eigenvalue weighted by Crippen LogP contribution is 2.28. The number of hydrogen-bond acceptors (Lipinski definition) is 7. The molecule has 0 aliphatic carbocycles. The minimum atomic E-state index is -4.37. The summed E-state index contributed by atoms with van der Waals surface area (Å²) in [6.07, 6.45) is 0. The van der Waals surface area contributed by atoms with Gasteiger partial charge in [0, 0.05) is 11.1 Å². The number of amides is 1. The van der Waals surface area contributed by atoms with Gasteiger partial charge in [0.05, 0.1) is 21.6 Å². The van der Waals surface area contributed by atoms with Gasteiger partial charge in [-0.3, -0.25) is 14.1 Å². The summed E-state index contributed by atoms with van der Waals surface area (Å²) >= 11 is 0. The number of carbonyl (C=O) groups excluding carboxylic acids is 2. The molecule has 4 N–H and O–H groups in total. The van der Waals surface area contributed by atoms with Crippen LogP contribution in [0.2, 0.25) is 0 Å². The molecular formula is C21H17N5O6S. The van der Waals surface area contributed by atoms with E-state index in [2.05, 4.69) is 25.5 Å². The monoisotopic (exact) mass is 467 g/mol. The maximum absolute atomic E-state index is 12.7. The number of nitrogens with zero attached hydrogens (tertiary/aromatic N) is 2. The molecule has 0 spiro atoms. The summed E-state index contributed by atoms with van der Waals surface area (Å²) in [6.45, 7) is 1.21. The standard InChI is InChI=1S/C21H17N5O6S/c1-11(27)19(20(28)22-13-5-8-17-18(10-13)24-21(29)23-17)26-25-16-4-2-3-12-9-14(33(30,31)32)6-7-15(12)16/h2-10,19H,1H3,(H,22,28)(H2,23,24,29)(H,30,31,32). The SMILES string of the molecule is CC(=O)C(N=Nc1cccc2cc(S(=O)(=O)O)ccc12)C(=O)Nc1ccc2[nH]c(=O)[nH]c2c1. The van der Waals surface area contributed by atoms with Gasteiger partial charge in [-0.05, 0) is 48.7 Å². The molecular weight excluding hydrogens is 450 g/mol. The Morgan fingerprint density at radius 1 is 1.03 bits per heavy atom. The van der Waals surface area contributed by atoms with Crippen molar-refractivity contribution < 1.29 is 22.6 Å². The Morgan fingerprint density at radius 3 is 2.52 bits per heavy atom. The number of hydrogen-bond donors (Lipinski definition) is 4. The molecule has 1 atom stereocenters. The average Bonchev–Trinajstić information content (AvgIpc) is 3.12. The first-order chi connectivity index (χ1) is 15.6. The Morgan fingerprint density at radius 2 is 1.79 bits per heavy atom. The van der Waals surface area contributed by atoms with Crippen molar-refractivity contribution in [1.29, 1.82) is 0 Å². The van der Waals surface area contributed by atoms with Crippen LogP contribution in [0.25, 0.3) is 21.8 Å². The van der Waals surface area contributed by atoms with Gasteiger partial charge in [-0.15, -0.1) is 0 Å². The summed E-state index contributed by atoms with van der Waals surface area (Å²) in [5, 5.41) is 11.5. The zero-order valence-electron chi connectivity index (χ0n) is 17.1. The van der Waals surface area contributed by atoms with Crippen LogP contribution in [0, 0.1) is 0 Å². The van der Waals surface area contributed by atoms with Gasteiger partial charge in [-0.1, -0.05) is 18.2 Å². The molecule has 1 unspecified atom stereocenters. The third kappa shape index (κ3) is 4.71. The van der Waals surface area contributed by atoms with Gasteiger partial charge < -0.3 is 15.3 Å². The van der Waals surface area contributed by atoms with Gasteiger partial charge in [0.15, 0.2) is 5.78 Å². The van der Waals surface area contributed by atoms with E-state index >= 15 is 0 Å². The van der Waals surface area contributed by atoms with Crippen LogP contribution in [0.5, 0.6) is 0 Å². The number of azo groups is 1. The van der Waals surface area contributed by atoms with Crippen LogP contribution < -0.4 is 11.0 Å². The molecule has 33 heavy (non-hydrogen) atoms. The first kappa shape index (κ1) is 22.0. The lowest BCUT2D eigenvalue weighted by Crippen LogP contribution is -2.31. The molecule has 12 heteroatoms. The summed E-state index contributed by atoms with van der Waals surface area (Å²) in [6, 6.07) is 12.0. The summed E-state index contributed by atoms with van der Waals surface area (Å²) in [5.41, 5.74) is 1.32. The van der Waals surface area contributed by atoms with Gasteiger partial charge in [0.2, 0.25) is 6.04 Å². The van der Waals surface area contributed by atoms with E-state index in [1.54, 1.807) is 30.3 Å². The van der Waals surface area contributed by atoms with Gasteiger partial charge in [-0.2, -0.15) is 18.6 Å². The van der Waals surface area contributed by atoms with Crippen LogP contribution in [-0.2, 0) is 19.7 Å². The summed E-state index contributed by atoms with van der Waals surface area (Å²) < 4.78 is 32.0. The van der Waals surface area contributed by atoms with Crippen LogP contribution in [0.4, 0.5) is 11.4 Å². The lowest BCUT2D eigenvalue weighted by molar-refractivity contribution is -0.126. The molecule has 0 radical (unpaired) electrons. The minimum absolute atomic E-state index is 0.272. The van der Waals surface area contributed by atoms with Crippen molar-refractivity contribution in [1.82, 2.24) is 9.97 Å². The highest BCUT2D eigenvalue weighted by Gasteiger charge is 2.23. The maximum Gasteiger partial charge on any atom is 0.323 e. The number of anilines is 1. The topological polar surface area (TPSA) is 174 Å². The smallest absolute Gasteiger partial charge is 0.323 e. The molecule has 0 fully saturated rings. The van der Waals surface area contributed by atoms with E-state index in [-0.39, 0.29) is 10.6 Å². The fraction of sp³-hybridized carbons (Fsp3) is 0.0952. The van der Waals surface area contributed by atoms with E-state index in [0.29, 0.717) is 33.2 Å². The van der Waals surface area contributed by atoms with Gasteiger partial charge in [-0.25, -0.2) is 4.79 Å². The molecule has 4 aromatic rings. The molecule has 1 aromatic heterocycles. The van der Waals surface area contributed by atoms with Crippen molar-refractivity contribution in [2.24, 2.45) is 10.2 Å². The number of imidazole rings is 1. The summed E-state index contributed by atoms with van der Waals surface area (Å²) in [4.78, 5) is 41.0. The van der Waals surface area contributed by atoms with E-state index in [1.165, 1.54) is 31.2 Å². The zero-order valence-corrected chi connectivity index (χ0v) is 17.9. The first-order valence-electron chi connectivity index (χ1n) is 9.56. The summed E-state index contributed by atoms with van der Waals surface area (Å²) in [7, 11) is -4.37. The van der Waals surface area contributed by atoms with E-state index in [0.717, 1.165) is 0 Å². The van der Waals surface area contributed by atoms with E-state index in [9.17, 15) is 27.4 Å². The number of aromatic amines is 2. The van der Waals surface area contributed by atoms with E-state index in [1.807, 2.05) is 0 Å². The van der Waals surface area contributed by atoms with Crippen molar-refractivity contribution >= 4 is 55.0 Å². The first-order valence-corrected chi connectivity index (χ1v) is 11.0. The highest BCUT2D eigenvalue weighted by molar-refractivity contribution is 7.85. The molecule has 0 saturated heterocycles. The Labute approximate surface area is 186 Å². The molecule has 11 nitrogen and oxygen atoms in total. The molecule has 0 aliphatic heterocycles. The number of benzene rings is 3. The van der Waals surface area contributed by atoms with E-state index in [4.69, 9.17) is 0 Å². The van der Waals surface area contributed by atoms with Crippen molar-refractivity contribution in [3.8, 4) is 0 Å². The number of rotatable bonds is 6.